The maximum Gasteiger partial charge on any atom is 0.241 e. The molecule has 0 amide bonds. The van der Waals surface area contributed by atoms with Crippen LogP contribution in [0.25, 0.3) is 0 Å². The van der Waals surface area contributed by atoms with Crippen molar-refractivity contribution in [1.29, 1.82) is 0 Å². The van der Waals surface area contributed by atoms with E-state index in [-0.39, 0.29) is 15.3 Å². The number of nitrogens with one attached hydrogen (secondary N) is 1. The molecule has 1 aromatic rings. The highest BCUT2D eigenvalue weighted by Crippen LogP contribution is 2.18. The average molecular weight is 329 g/mol. The van der Waals surface area contributed by atoms with Crippen molar-refractivity contribution < 1.29 is 8.42 Å². The summed E-state index contributed by atoms with van der Waals surface area (Å²) >= 11 is 4.91. The van der Waals surface area contributed by atoms with Crippen LogP contribution in [0.3, 0.4) is 0 Å². The number of nitrogens with zero attached hydrogens (tertiary/aromatic N) is 1. The summed E-state index contributed by atoms with van der Waals surface area (Å²) in [4.78, 5) is 2.22. The highest BCUT2D eigenvalue weighted by molar-refractivity contribution is 7.89. The van der Waals surface area contributed by atoms with Crippen molar-refractivity contribution in [1.82, 2.24) is 9.62 Å². The zero-order valence-corrected chi connectivity index (χ0v) is 14.5. The van der Waals surface area contributed by atoms with Gasteiger partial charge in [0.2, 0.25) is 10.0 Å². The fourth-order valence-corrected chi connectivity index (χ4v) is 3.89. The van der Waals surface area contributed by atoms with Crippen LogP contribution >= 0.6 is 12.2 Å². The summed E-state index contributed by atoms with van der Waals surface area (Å²) < 4.78 is 27.5. The summed E-state index contributed by atoms with van der Waals surface area (Å²) in [6.45, 7) is 5.12. The summed E-state index contributed by atoms with van der Waals surface area (Å²) in [5.41, 5.74) is 5.77. The van der Waals surface area contributed by atoms with Crippen molar-refractivity contribution in [3.05, 3.63) is 29.8 Å². The Bertz CT molecular complexity index is 610. The van der Waals surface area contributed by atoms with E-state index >= 15 is 0 Å². The quantitative estimate of drug-likeness (QED) is 0.735. The second kappa shape index (κ2) is 6.83. The Morgan fingerprint density at radius 2 is 1.90 bits per heavy atom. The molecular weight excluding hydrogens is 306 g/mol. The molecule has 0 radical (unpaired) electrons. The molecule has 21 heavy (non-hydrogen) atoms. The number of benzene rings is 1. The van der Waals surface area contributed by atoms with Gasteiger partial charge in [-0.15, -0.1) is 0 Å². The maximum atomic E-state index is 12.5. The van der Waals surface area contributed by atoms with Crippen LogP contribution in [0.2, 0.25) is 0 Å². The van der Waals surface area contributed by atoms with Crippen molar-refractivity contribution in [2.75, 3.05) is 27.2 Å². The minimum absolute atomic E-state index is 0.0727. The molecule has 0 unspecified atom stereocenters. The summed E-state index contributed by atoms with van der Waals surface area (Å²) in [5.74, 6) is 0. The largest absolute Gasteiger partial charge is 0.389 e. The van der Waals surface area contributed by atoms with Gasteiger partial charge in [0, 0.05) is 18.7 Å². The van der Waals surface area contributed by atoms with E-state index < -0.39 is 10.0 Å². The van der Waals surface area contributed by atoms with Crippen molar-refractivity contribution in [2.24, 2.45) is 11.1 Å². The fourth-order valence-electron chi connectivity index (χ4n) is 2.18. The molecular formula is C14H23N3O2S2. The minimum Gasteiger partial charge on any atom is -0.389 e. The highest BCUT2D eigenvalue weighted by atomic mass is 32.2. The van der Waals surface area contributed by atoms with Crippen molar-refractivity contribution in [3.63, 3.8) is 0 Å². The van der Waals surface area contributed by atoms with E-state index in [1.54, 1.807) is 18.2 Å². The van der Waals surface area contributed by atoms with Crippen LogP contribution in [0.15, 0.2) is 29.2 Å². The second-order valence-corrected chi connectivity index (χ2v) is 8.26. The van der Waals surface area contributed by atoms with Gasteiger partial charge < -0.3 is 10.6 Å². The molecule has 0 aliphatic rings. The Morgan fingerprint density at radius 3 is 2.43 bits per heavy atom. The second-order valence-electron chi connectivity index (χ2n) is 6.09. The molecule has 1 aromatic carbocycles. The molecule has 0 aliphatic carbocycles. The van der Waals surface area contributed by atoms with Crippen molar-refractivity contribution >= 4 is 27.2 Å². The van der Waals surface area contributed by atoms with E-state index in [9.17, 15) is 8.42 Å². The van der Waals surface area contributed by atoms with Gasteiger partial charge in [0.05, 0.1) is 4.90 Å². The summed E-state index contributed by atoms with van der Waals surface area (Å²) in [7, 11) is 0.273. The summed E-state index contributed by atoms with van der Waals surface area (Å²) in [5, 5.41) is 0. The van der Waals surface area contributed by atoms with Gasteiger partial charge in [-0.1, -0.05) is 44.3 Å². The number of sulfonamides is 1. The third kappa shape index (κ3) is 5.35. The van der Waals surface area contributed by atoms with Crippen molar-refractivity contribution in [2.45, 2.75) is 18.7 Å². The van der Waals surface area contributed by atoms with Crippen LogP contribution < -0.4 is 10.5 Å². The number of hydrogen-bond donors (Lipinski definition) is 2. The molecule has 5 nitrogen and oxygen atoms in total. The standard InChI is InChI=1S/C14H23N3O2S2/c1-14(2,10-17(3)4)9-16-21(18,19)12-8-6-5-7-11(12)13(15)20/h5-8,16H,9-10H2,1-4H3,(H2,15,20). The van der Waals surface area contributed by atoms with Gasteiger partial charge in [0.25, 0.3) is 0 Å². The minimum atomic E-state index is -3.64. The number of nitrogens with two attached hydrogens (primary N) is 1. The van der Waals surface area contributed by atoms with E-state index in [1.807, 2.05) is 32.8 Å². The molecule has 118 valence electrons. The monoisotopic (exact) mass is 329 g/mol. The van der Waals surface area contributed by atoms with E-state index in [0.717, 1.165) is 6.54 Å². The third-order valence-electron chi connectivity index (χ3n) is 2.93. The molecule has 1 rings (SSSR count). The van der Waals surface area contributed by atoms with E-state index in [1.165, 1.54) is 6.07 Å². The average Bonchev–Trinajstić information content (AvgIpc) is 2.35. The van der Waals surface area contributed by atoms with Crippen LogP contribution in [0, 0.1) is 5.41 Å². The molecule has 0 fully saturated rings. The topological polar surface area (TPSA) is 75.4 Å². The number of rotatable bonds is 7. The van der Waals surface area contributed by atoms with Crippen LogP contribution in [-0.4, -0.2) is 45.5 Å². The van der Waals surface area contributed by atoms with Crippen LogP contribution in [0.1, 0.15) is 19.4 Å². The molecule has 0 aromatic heterocycles. The normalized spacial score (nSPS) is 12.6. The van der Waals surface area contributed by atoms with E-state index in [4.69, 9.17) is 18.0 Å². The first-order valence-corrected chi connectivity index (χ1v) is 8.47. The molecule has 3 N–H and O–H groups in total. The lowest BCUT2D eigenvalue weighted by molar-refractivity contribution is 0.242. The Kier molecular flexibility index (Phi) is 5.86. The first kappa shape index (κ1) is 18.0. The molecule has 0 heterocycles. The van der Waals surface area contributed by atoms with Crippen LogP contribution in [0.4, 0.5) is 0 Å². The van der Waals surface area contributed by atoms with Gasteiger partial charge in [0.1, 0.15) is 4.99 Å². The number of thiocarbonyl (C=S) groups is 1. The van der Waals surface area contributed by atoms with Gasteiger partial charge in [0.15, 0.2) is 0 Å². The smallest absolute Gasteiger partial charge is 0.241 e. The highest BCUT2D eigenvalue weighted by Gasteiger charge is 2.24. The number of hydrogen-bond acceptors (Lipinski definition) is 4. The molecule has 0 saturated heterocycles. The van der Waals surface area contributed by atoms with Crippen LogP contribution in [-0.2, 0) is 10.0 Å². The summed E-state index contributed by atoms with van der Waals surface area (Å²) in [6, 6.07) is 6.49. The molecule has 0 atom stereocenters. The first-order valence-electron chi connectivity index (χ1n) is 6.58. The molecule has 7 heteroatoms. The van der Waals surface area contributed by atoms with Gasteiger partial charge in [-0.3, -0.25) is 0 Å². The molecule has 0 bridgehead atoms. The van der Waals surface area contributed by atoms with Crippen LogP contribution in [0.5, 0.6) is 0 Å². The fraction of sp³-hybridized carbons (Fsp3) is 0.500. The first-order chi connectivity index (χ1) is 9.55. The Balaban J connectivity index is 2.96. The Hall–Kier alpha value is -1.02. The molecule has 0 aliphatic heterocycles. The predicted molar refractivity (Wildman–Crippen MR) is 89.9 cm³/mol. The SMILES string of the molecule is CN(C)CC(C)(C)CNS(=O)(=O)c1ccccc1C(N)=S. The van der Waals surface area contributed by atoms with E-state index in [0.29, 0.717) is 12.1 Å². The molecule has 0 saturated carbocycles. The lowest BCUT2D eigenvalue weighted by Crippen LogP contribution is -2.40. The van der Waals surface area contributed by atoms with Gasteiger partial charge in [-0.2, -0.15) is 0 Å². The van der Waals surface area contributed by atoms with Gasteiger partial charge in [-0.25, -0.2) is 13.1 Å². The zero-order valence-electron chi connectivity index (χ0n) is 12.9. The lowest BCUT2D eigenvalue weighted by atomic mass is 9.93. The zero-order chi connectivity index (χ0) is 16.3. The summed E-state index contributed by atoms with van der Waals surface area (Å²) in [6.07, 6.45) is 0. The predicted octanol–water partition coefficient (Wildman–Crippen LogP) is 1.19. The van der Waals surface area contributed by atoms with Gasteiger partial charge >= 0.3 is 0 Å². The maximum absolute atomic E-state index is 12.5. The van der Waals surface area contributed by atoms with Gasteiger partial charge in [-0.05, 0) is 25.6 Å². The lowest BCUT2D eigenvalue weighted by Gasteiger charge is -2.28. The van der Waals surface area contributed by atoms with Crippen molar-refractivity contribution in [3.8, 4) is 0 Å². The third-order valence-corrected chi connectivity index (χ3v) is 4.61. The van der Waals surface area contributed by atoms with E-state index in [2.05, 4.69) is 4.72 Å². The Labute approximate surface area is 132 Å². The Morgan fingerprint density at radius 1 is 1.33 bits per heavy atom. The molecule has 0 spiro atoms.